The van der Waals surface area contributed by atoms with Crippen LogP contribution in [0.3, 0.4) is 0 Å². The van der Waals surface area contributed by atoms with E-state index >= 15 is 0 Å². The number of ether oxygens (including phenoxy) is 1. The first-order chi connectivity index (χ1) is 18.6. The topological polar surface area (TPSA) is 79.6 Å². The van der Waals surface area contributed by atoms with Crippen LogP contribution in [0.15, 0.2) is 54.6 Å². The van der Waals surface area contributed by atoms with Gasteiger partial charge < -0.3 is 24.6 Å². The van der Waals surface area contributed by atoms with E-state index in [1.165, 1.54) is 0 Å². The molecule has 0 saturated carbocycles. The van der Waals surface area contributed by atoms with E-state index in [0.29, 0.717) is 49.9 Å². The Labute approximate surface area is 236 Å². The molecule has 0 saturated heterocycles. The maximum absolute atomic E-state index is 14.3. The maximum atomic E-state index is 14.3. The van der Waals surface area contributed by atoms with E-state index in [1.807, 2.05) is 62.6 Å². The summed E-state index contributed by atoms with van der Waals surface area (Å²) in [6, 6.07) is 16.6. The molecule has 7 nitrogen and oxygen atoms in total. The Morgan fingerprint density at radius 2 is 1.77 bits per heavy atom. The number of carbonyl (C=O) groups is 1. The predicted molar refractivity (Wildman–Crippen MR) is 154 cm³/mol. The molecule has 2 N–H and O–H groups in total. The standard InChI is InChI=1S/C30H28Cl2N4O3/c1-15(2)35-26-25(34-27(35)20-10-6-16(3)12-24(20)39-5)28(37)36(23-14-19(32)8-7-17(23)4)30(26)21-11-9-18(31)13-22(21)33-29(30)38/h6-15,28,37H,1-5H3,(H,33,38). The second-order valence-electron chi connectivity index (χ2n) is 10.4. The Bertz CT molecular complexity index is 1660. The number of amides is 1. The van der Waals surface area contributed by atoms with Crippen LogP contribution in [0.5, 0.6) is 5.75 Å². The highest BCUT2D eigenvalue weighted by Crippen LogP contribution is 2.58. The van der Waals surface area contributed by atoms with Crippen molar-refractivity contribution in [2.45, 2.75) is 45.5 Å². The molecular weight excluding hydrogens is 535 g/mol. The van der Waals surface area contributed by atoms with Gasteiger partial charge in [-0.2, -0.15) is 0 Å². The summed E-state index contributed by atoms with van der Waals surface area (Å²) in [7, 11) is 1.62. The second-order valence-corrected chi connectivity index (χ2v) is 11.2. The molecule has 0 bridgehead atoms. The van der Waals surface area contributed by atoms with Crippen LogP contribution in [0.4, 0.5) is 11.4 Å². The van der Waals surface area contributed by atoms with E-state index in [1.54, 1.807) is 36.3 Å². The number of carbonyl (C=O) groups excluding carboxylic acids is 1. The van der Waals surface area contributed by atoms with Gasteiger partial charge in [0, 0.05) is 33.0 Å². The monoisotopic (exact) mass is 562 g/mol. The van der Waals surface area contributed by atoms with Crippen LogP contribution in [0.1, 0.15) is 54.2 Å². The number of hydrogen-bond acceptors (Lipinski definition) is 5. The molecule has 0 aliphatic carbocycles. The number of aliphatic hydroxyl groups is 1. The summed E-state index contributed by atoms with van der Waals surface area (Å²) in [6.07, 6.45) is -1.24. The molecule has 200 valence electrons. The lowest BCUT2D eigenvalue weighted by atomic mass is 9.86. The molecule has 1 spiro atoms. The zero-order valence-electron chi connectivity index (χ0n) is 22.2. The van der Waals surface area contributed by atoms with Gasteiger partial charge in [-0.3, -0.25) is 4.79 Å². The fraction of sp³-hybridized carbons (Fsp3) is 0.267. The summed E-state index contributed by atoms with van der Waals surface area (Å²) in [4.78, 5) is 21.1. The third-order valence-electron chi connectivity index (χ3n) is 7.62. The van der Waals surface area contributed by atoms with Gasteiger partial charge in [0.1, 0.15) is 17.3 Å². The summed E-state index contributed by atoms with van der Waals surface area (Å²) >= 11 is 12.8. The highest BCUT2D eigenvalue weighted by atomic mass is 35.5. The summed E-state index contributed by atoms with van der Waals surface area (Å²) in [5.41, 5.74) is 4.14. The molecule has 1 amide bonds. The van der Waals surface area contributed by atoms with Crippen LogP contribution >= 0.6 is 23.2 Å². The minimum absolute atomic E-state index is 0.115. The van der Waals surface area contributed by atoms with Gasteiger partial charge in [0.25, 0.3) is 5.91 Å². The number of anilines is 2. The molecule has 3 aromatic carbocycles. The fourth-order valence-electron chi connectivity index (χ4n) is 5.98. The number of aryl methyl sites for hydroxylation is 2. The van der Waals surface area contributed by atoms with E-state index in [4.69, 9.17) is 32.9 Å². The zero-order chi connectivity index (χ0) is 27.8. The number of benzene rings is 3. The van der Waals surface area contributed by atoms with Crippen molar-refractivity contribution < 1.29 is 14.6 Å². The third-order valence-corrected chi connectivity index (χ3v) is 8.09. The number of nitrogens with zero attached hydrogens (tertiary/aromatic N) is 3. The Hall–Kier alpha value is -3.52. The van der Waals surface area contributed by atoms with Crippen LogP contribution in [0, 0.1) is 13.8 Å². The molecule has 2 unspecified atom stereocenters. The SMILES string of the molecule is COc1cc(C)ccc1-c1nc2c(n1C(C)C)C1(C(=O)Nc3cc(Cl)ccc31)N(c1cc(Cl)ccc1C)C2O. The van der Waals surface area contributed by atoms with Gasteiger partial charge in [0.2, 0.25) is 0 Å². The van der Waals surface area contributed by atoms with Gasteiger partial charge in [-0.05, 0) is 75.2 Å². The van der Waals surface area contributed by atoms with Crippen molar-refractivity contribution >= 4 is 40.5 Å². The number of rotatable bonds is 4. The number of hydrogen-bond donors (Lipinski definition) is 2. The lowest BCUT2D eigenvalue weighted by Gasteiger charge is -2.39. The molecule has 9 heteroatoms. The second kappa shape index (κ2) is 9.01. The molecule has 6 rings (SSSR count). The van der Waals surface area contributed by atoms with Crippen molar-refractivity contribution in [1.82, 2.24) is 9.55 Å². The molecule has 2 atom stereocenters. The largest absolute Gasteiger partial charge is 0.496 e. The number of nitrogens with one attached hydrogen (secondary N) is 1. The van der Waals surface area contributed by atoms with Gasteiger partial charge in [-0.1, -0.05) is 41.4 Å². The van der Waals surface area contributed by atoms with E-state index < -0.39 is 11.8 Å². The van der Waals surface area contributed by atoms with E-state index in [-0.39, 0.29) is 11.9 Å². The highest BCUT2D eigenvalue weighted by Gasteiger charge is 2.64. The van der Waals surface area contributed by atoms with Gasteiger partial charge >= 0.3 is 0 Å². The average Bonchev–Trinajstić information content (AvgIpc) is 3.49. The molecule has 3 heterocycles. The number of imidazole rings is 1. The van der Waals surface area contributed by atoms with Crippen LogP contribution in [0.2, 0.25) is 10.0 Å². The van der Waals surface area contributed by atoms with Crippen molar-refractivity contribution in [1.29, 1.82) is 0 Å². The third kappa shape index (κ3) is 3.53. The van der Waals surface area contributed by atoms with E-state index in [2.05, 4.69) is 5.32 Å². The smallest absolute Gasteiger partial charge is 0.261 e. The molecule has 39 heavy (non-hydrogen) atoms. The Morgan fingerprint density at radius 1 is 1.05 bits per heavy atom. The first kappa shape index (κ1) is 25.7. The average molecular weight is 563 g/mol. The van der Waals surface area contributed by atoms with Crippen molar-refractivity contribution in [2.75, 3.05) is 17.3 Å². The first-order valence-corrected chi connectivity index (χ1v) is 13.5. The van der Waals surface area contributed by atoms with Gasteiger partial charge in [-0.25, -0.2) is 4.98 Å². The maximum Gasteiger partial charge on any atom is 0.261 e. The molecule has 0 radical (unpaired) electrons. The van der Waals surface area contributed by atoms with Crippen molar-refractivity contribution in [3.8, 4) is 17.1 Å². The van der Waals surface area contributed by atoms with E-state index in [9.17, 15) is 9.90 Å². The number of methoxy groups -OCH3 is 1. The lowest BCUT2D eigenvalue weighted by Crippen LogP contribution is -2.50. The van der Waals surface area contributed by atoms with Crippen molar-refractivity contribution in [3.63, 3.8) is 0 Å². The minimum Gasteiger partial charge on any atom is -0.496 e. The Balaban J connectivity index is 1.73. The van der Waals surface area contributed by atoms with E-state index in [0.717, 1.165) is 16.7 Å². The molecule has 2 aliphatic heterocycles. The van der Waals surface area contributed by atoms with Crippen molar-refractivity contribution in [3.05, 3.63) is 92.7 Å². The Morgan fingerprint density at radius 3 is 2.49 bits per heavy atom. The summed E-state index contributed by atoms with van der Waals surface area (Å²) in [5, 5.41) is 16.1. The first-order valence-electron chi connectivity index (χ1n) is 12.7. The number of halogens is 2. The van der Waals surface area contributed by atoms with Crippen LogP contribution in [0.25, 0.3) is 11.4 Å². The van der Waals surface area contributed by atoms with Gasteiger partial charge in [0.15, 0.2) is 11.8 Å². The van der Waals surface area contributed by atoms with Crippen molar-refractivity contribution in [2.24, 2.45) is 0 Å². The normalized spacial score (nSPS) is 19.6. The molecule has 1 aromatic heterocycles. The predicted octanol–water partition coefficient (Wildman–Crippen LogP) is 6.77. The lowest BCUT2D eigenvalue weighted by molar-refractivity contribution is -0.120. The van der Waals surface area contributed by atoms with Gasteiger partial charge in [0.05, 0.1) is 18.4 Å². The van der Waals surface area contributed by atoms with Gasteiger partial charge in [-0.15, -0.1) is 0 Å². The molecule has 4 aromatic rings. The number of aromatic nitrogens is 2. The highest BCUT2D eigenvalue weighted by molar-refractivity contribution is 6.31. The Kier molecular flexibility index (Phi) is 5.95. The van der Waals surface area contributed by atoms with Crippen LogP contribution < -0.4 is 15.0 Å². The molecule has 0 fully saturated rings. The van der Waals surface area contributed by atoms with Crippen LogP contribution in [-0.2, 0) is 10.3 Å². The van der Waals surface area contributed by atoms with Crippen LogP contribution in [-0.4, -0.2) is 27.7 Å². The fourth-order valence-corrected chi connectivity index (χ4v) is 6.32. The zero-order valence-corrected chi connectivity index (χ0v) is 23.7. The quantitative estimate of drug-likeness (QED) is 0.287. The summed E-state index contributed by atoms with van der Waals surface area (Å²) in [6.45, 7) is 8.00. The molecular formula is C30H28Cl2N4O3. The molecule has 2 aliphatic rings. The minimum atomic E-state index is -1.43. The number of aliphatic hydroxyl groups excluding tert-OH is 1. The summed E-state index contributed by atoms with van der Waals surface area (Å²) < 4.78 is 7.77. The number of fused-ring (bicyclic) bond motifs is 4. The summed E-state index contributed by atoms with van der Waals surface area (Å²) in [5.74, 6) is 0.971.